The first kappa shape index (κ1) is 69.9. The van der Waals surface area contributed by atoms with Crippen molar-refractivity contribution in [3.63, 3.8) is 0 Å². The number of hydroxylamine groups is 2. The fourth-order valence-corrected chi connectivity index (χ4v) is 13.7. The highest BCUT2D eigenvalue weighted by Crippen LogP contribution is 2.59. The first-order valence-corrected chi connectivity index (χ1v) is 33.8. The van der Waals surface area contributed by atoms with Crippen molar-refractivity contribution in [3.05, 3.63) is 118 Å². The Morgan fingerprint density at radius 1 is 0.739 bits per heavy atom. The molecular weight excluding hydrogens is 1190 g/mol. The number of aryl methyl sites for hydroxylation is 2. The summed E-state index contributed by atoms with van der Waals surface area (Å²) in [6.07, 6.45) is 13.4. The second kappa shape index (κ2) is 27.1. The van der Waals surface area contributed by atoms with Gasteiger partial charge in [-0.05, 0) is 184 Å². The first-order valence-electron chi connectivity index (χ1n) is 30.1. The summed E-state index contributed by atoms with van der Waals surface area (Å²) in [5.74, 6) is -0.985. The Hall–Kier alpha value is -5.53. The van der Waals surface area contributed by atoms with Crippen LogP contribution in [-0.4, -0.2) is 96.6 Å². The molecular formula is C66H89N3O16S3. The monoisotopic (exact) mass is 1280 g/mol. The van der Waals surface area contributed by atoms with E-state index in [4.69, 9.17) is 23.4 Å². The standard InChI is InChI=1S/C66H89N3O16S3/c1-16-17-35-67-53(65(14,63(10,11)41-80-61(4,5)6)51-39-48(86-85-84-73)37-43(2)58(51)67)31-25-45-22-21-23-46(60(45)82-47-27-29-49(30-28-47)87(74,75)76)26-32-54-66(15,64(12,13)42-81-62(7,8)9)52-40-50(88(77,78)79)38-44(3)59(52)68(54)36-20-18-19-24-57(72)83-69-55(70)33-34-56(69)71/h25-32,37-40H,16-24,33-36,41-42H2,1-15H3,(H2-,73,74,75,76,77,78,79). The van der Waals surface area contributed by atoms with Gasteiger partial charge in [-0.1, -0.05) is 53.5 Å². The van der Waals surface area contributed by atoms with Crippen LogP contribution >= 0.6 is 12.0 Å². The third-order valence-electron chi connectivity index (χ3n) is 17.6. The zero-order valence-electron chi connectivity index (χ0n) is 53.7. The highest BCUT2D eigenvalue weighted by molar-refractivity contribution is 7.94. The SMILES string of the molecule is CCCC[N+]1=C(/C=C/C2=C(Oc3ccc(S(=O)(=O)O)cc3)C(=C/C=C3/N(CCCCCC(=O)ON4C(=O)CCC4=O)c4c(C)cc(S(=O)(=O)O)cc4C3(C)C(C)(C)COC(C)(C)C)/CCC2)C(C)(C(C)(C)COC(C)(C)C)c2cc(SOO[O-])cc(C)c21. The maximum Gasteiger partial charge on any atom is 0.333 e. The Balaban J connectivity index is 1.44. The van der Waals surface area contributed by atoms with Crippen LogP contribution in [0.5, 0.6) is 5.75 Å². The Kier molecular flexibility index (Phi) is 21.6. The third-order valence-corrected chi connectivity index (χ3v) is 19.8. The van der Waals surface area contributed by atoms with Crippen molar-refractivity contribution < 1.29 is 78.6 Å². The number of rotatable bonds is 26. The maximum atomic E-state index is 13.1. The summed E-state index contributed by atoms with van der Waals surface area (Å²) in [6, 6.07) is 12.6. The van der Waals surface area contributed by atoms with Crippen molar-refractivity contribution in [1.82, 2.24) is 5.06 Å². The molecule has 2 amide bonds. The van der Waals surface area contributed by atoms with Crippen LogP contribution in [0.3, 0.4) is 0 Å². The number of hydrogen-bond acceptors (Lipinski definition) is 16. The van der Waals surface area contributed by atoms with Gasteiger partial charge in [-0.25, -0.2) is 4.79 Å². The zero-order chi connectivity index (χ0) is 65.2. The number of benzene rings is 3. The van der Waals surface area contributed by atoms with Crippen molar-refractivity contribution in [2.75, 3.05) is 31.2 Å². The number of carbonyl (C=O) groups excluding carboxylic acids is 3. The molecule has 1 aliphatic carbocycles. The van der Waals surface area contributed by atoms with Crippen LogP contribution in [0.25, 0.3) is 0 Å². The third kappa shape index (κ3) is 15.4. The number of fused-ring (bicyclic) bond motifs is 2. The van der Waals surface area contributed by atoms with E-state index in [9.17, 15) is 45.6 Å². The Morgan fingerprint density at radius 3 is 1.93 bits per heavy atom. The molecule has 7 rings (SSSR count). The lowest BCUT2D eigenvalue weighted by atomic mass is 9.61. The first-order chi connectivity index (χ1) is 40.9. The van der Waals surface area contributed by atoms with Crippen LogP contribution in [0.2, 0.25) is 0 Å². The molecule has 22 heteroatoms. The molecule has 88 heavy (non-hydrogen) atoms. The molecule has 2 unspecified atom stereocenters. The molecule has 0 aromatic heterocycles. The molecule has 482 valence electrons. The van der Waals surface area contributed by atoms with Crippen LogP contribution in [-0.2, 0) is 69.1 Å². The minimum absolute atomic E-state index is 0.0173. The largest absolute Gasteiger partial charge is 0.691 e. The second-order valence-electron chi connectivity index (χ2n) is 27.0. The zero-order valence-corrected chi connectivity index (χ0v) is 56.2. The summed E-state index contributed by atoms with van der Waals surface area (Å²) in [7, 11) is -9.23. The van der Waals surface area contributed by atoms with Gasteiger partial charge in [0.25, 0.3) is 32.1 Å². The molecule has 3 aromatic carbocycles. The molecule has 3 aromatic rings. The molecule has 0 saturated carbocycles. The summed E-state index contributed by atoms with van der Waals surface area (Å²) in [4.78, 5) is 44.7. The number of unbranched alkanes of at least 4 members (excludes halogenated alkanes) is 3. The van der Waals surface area contributed by atoms with Gasteiger partial charge in [0.15, 0.2) is 5.71 Å². The molecule has 2 N–H and O–H groups in total. The van der Waals surface area contributed by atoms with Crippen LogP contribution in [0.15, 0.2) is 110 Å². The fraction of sp³-hybridized carbons (Fsp3) is 0.545. The highest BCUT2D eigenvalue weighted by atomic mass is 32.2. The molecule has 3 aliphatic heterocycles. The molecule has 3 heterocycles. The van der Waals surface area contributed by atoms with E-state index in [1.807, 2.05) is 73.6 Å². The summed E-state index contributed by atoms with van der Waals surface area (Å²) in [5.41, 5.74) is 4.40. The van der Waals surface area contributed by atoms with Crippen LogP contribution < -0.4 is 14.9 Å². The number of anilines is 1. The average molecular weight is 1280 g/mol. The van der Waals surface area contributed by atoms with E-state index in [2.05, 4.69) is 81.2 Å². The number of imide groups is 1. The van der Waals surface area contributed by atoms with Crippen molar-refractivity contribution in [2.24, 2.45) is 10.8 Å². The summed E-state index contributed by atoms with van der Waals surface area (Å²) in [5, 5.41) is 15.5. The van der Waals surface area contributed by atoms with Gasteiger partial charge in [0, 0.05) is 82.0 Å². The van der Waals surface area contributed by atoms with E-state index >= 15 is 0 Å². The number of allylic oxidation sites excluding steroid dienone is 7. The molecule has 2 atom stereocenters. The molecule has 4 aliphatic rings. The summed E-state index contributed by atoms with van der Waals surface area (Å²) in [6.45, 7) is 32.5. The number of nitrogens with zero attached hydrogens (tertiary/aromatic N) is 3. The van der Waals surface area contributed by atoms with E-state index in [-0.39, 0.29) is 35.7 Å². The van der Waals surface area contributed by atoms with E-state index < -0.39 is 70.9 Å². The molecule has 0 spiro atoms. The fourth-order valence-electron chi connectivity index (χ4n) is 12.1. The minimum Gasteiger partial charge on any atom is -0.691 e. The topological polar surface area (TPSA) is 248 Å². The summed E-state index contributed by atoms with van der Waals surface area (Å²) < 4.78 is 98.9. The van der Waals surface area contributed by atoms with E-state index in [1.54, 1.807) is 6.07 Å². The lowest BCUT2D eigenvalue weighted by Crippen LogP contribution is -2.48. The predicted octanol–water partition coefficient (Wildman–Crippen LogP) is 12.7. The van der Waals surface area contributed by atoms with Crippen molar-refractivity contribution in [2.45, 2.75) is 211 Å². The Labute approximate surface area is 524 Å². The minimum atomic E-state index is -4.69. The highest BCUT2D eigenvalue weighted by Gasteiger charge is 2.58. The molecule has 0 bridgehead atoms. The smallest absolute Gasteiger partial charge is 0.333 e. The van der Waals surface area contributed by atoms with Gasteiger partial charge < -0.3 is 29.2 Å². The lowest BCUT2D eigenvalue weighted by molar-refractivity contribution is -0.777. The van der Waals surface area contributed by atoms with Gasteiger partial charge in [0.2, 0.25) is 5.69 Å². The second-order valence-corrected chi connectivity index (χ2v) is 30.6. The van der Waals surface area contributed by atoms with Gasteiger partial charge >= 0.3 is 5.97 Å². The van der Waals surface area contributed by atoms with Crippen molar-refractivity contribution in [1.29, 1.82) is 0 Å². The molecule has 1 fully saturated rings. The number of ether oxygens (including phenoxy) is 3. The van der Waals surface area contributed by atoms with Gasteiger partial charge in [-0.3, -0.25) is 23.7 Å². The number of amides is 2. The molecule has 19 nitrogen and oxygen atoms in total. The van der Waals surface area contributed by atoms with Gasteiger partial charge in [-0.2, -0.15) is 25.7 Å². The number of hydrogen-bond donors (Lipinski definition) is 2. The normalized spacial score (nSPS) is 20.6. The van der Waals surface area contributed by atoms with Gasteiger partial charge in [0.05, 0.1) is 51.7 Å². The van der Waals surface area contributed by atoms with Crippen LogP contribution in [0, 0.1) is 24.7 Å². The Morgan fingerprint density at radius 2 is 1.35 bits per heavy atom. The average Bonchev–Trinajstić information content (AvgIpc) is 1.64. The molecule has 1 saturated heterocycles. The Bertz CT molecular complexity index is 3540. The number of carbonyl (C=O) groups is 3. The summed E-state index contributed by atoms with van der Waals surface area (Å²) >= 11 is 0.846. The molecule has 0 radical (unpaired) electrons. The van der Waals surface area contributed by atoms with Crippen LogP contribution in [0.4, 0.5) is 11.4 Å². The van der Waals surface area contributed by atoms with E-state index in [1.165, 1.54) is 30.3 Å². The van der Waals surface area contributed by atoms with Crippen LogP contribution in [0.1, 0.15) is 183 Å². The van der Waals surface area contributed by atoms with Gasteiger partial charge in [0.1, 0.15) is 18.1 Å². The van der Waals surface area contributed by atoms with Crippen molar-refractivity contribution >= 4 is 67.1 Å². The van der Waals surface area contributed by atoms with E-state index in [0.29, 0.717) is 90.8 Å². The van der Waals surface area contributed by atoms with E-state index in [0.717, 1.165) is 69.9 Å². The predicted molar refractivity (Wildman–Crippen MR) is 335 cm³/mol. The maximum absolute atomic E-state index is 13.1. The van der Waals surface area contributed by atoms with Crippen molar-refractivity contribution in [3.8, 4) is 5.75 Å². The van der Waals surface area contributed by atoms with Gasteiger partial charge in [-0.15, -0.1) is 5.06 Å². The quantitative estimate of drug-likeness (QED) is 0.0144. The lowest BCUT2D eigenvalue weighted by Gasteiger charge is -2.45.